The molecule has 9 heteroatoms. The minimum Gasteiger partial charge on any atom is -0.396 e. The lowest BCUT2D eigenvalue weighted by Crippen LogP contribution is -2.54. The highest BCUT2D eigenvalue weighted by molar-refractivity contribution is 9.09. The monoisotopic (exact) mass is 591 g/mol. The van der Waals surface area contributed by atoms with Gasteiger partial charge < -0.3 is 25.4 Å². The van der Waals surface area contributed by atoms with E-state index in [1.807, 2.05) is 60.7 Å². The van der Waals surface area contributed by atoms with Gasteiger partial charge in [0.05, 0.1) is 17.9 Å². The van der Waals surface area contributed by atoms with E-state index in [4.69, 9.17) is 4.74 Å². The molecule has 3 aliphatic rings. The van der Waals surface area contributed by atoms with Gasteiger partial charge in [0, 0.05) is 29.4 Å². The number of carbonyl (C=O) groups excluding carboxylic acids is 3. The zero-order chi connectivity index (χ0) is 27.1. The van der Waals surface area contributed by atoms with E-state index in [1.165, 1.54) is 0 Å². The van der Waals surface area contributed by atoms with Crippen molar-refractivity contribution in [2.45, 2.75) is 41.8 Å². The minimum atomic E-state index is -1.13. The quantitative estimate of drug-likeness (QED) is 0.272. The lowest BCUT2D eigenvalue weighted by atomic mass is 9.70. The van der Waals surface area contributed by atoms with E-state index in [-0.39, 0.29) is 29.2 Å². The Morgan fingerprint density at radius 1 is 0.949 bits per heavy atom. The molecule has 6 rings (SSSR count). The van der Waals surface area contributed by atoms with Crippen molar-refractivity contribution in [3.63, 3.8) is 0 Å². The standard InChI is InChI=1S/C30H30BrN3O5/c31-22-17-30-24(23(25(22)39-30)27(36)32-20-10-2-1-3-11-20)29(38)34(14-6-7-15-35)26(30)28(37)33-21-13-12-18-8-4-5-9-19(18)16-21/h1-5,8-13,16,22-26,35H,6-7,14-15,17H2,(H,32,36)(H,33,37)/t22?,23-,24-,25-,26?,30?/m0/s1. The number of likely N-dealkylation sites (tertiary alicyclic amines) is 1. The van der Waals surface area contributed by atoms with Gasteiger partial charge >= 0.3 is 0 Å². The van der Waals surface area contributed by atoms with Crippen LogP contribution < -0.4 is 10.6 Å². The summed E-state index contributed by atoms with van der Waals surface area (Å²) in [6, 6.07) is 21.8. The number of unbranched alkanes of at least 4 members (excludes halogenated alkanes) is 1. The number of amides is 3. The number of halogens is 1. The number of rotatable bonds is 8. The van der Waals surface area contributed by atoms with Crippen molar-refractivity contribution >= 4 is 55.8 Å². The van der Waals surface area contributed by atoms with E-state index in [2.05, 4.69) is 26.6 Å². The molecule has 3 aliphatic heterocycles. The molecule has 3 N–H and O–H groups in total. The van der Waals surface area contributed by atoms with Crippen molar-refractivity contribution in [2.75, 3.05) is 23.8 Å². The second-order valence-corrected chi connectivity index (χ2v) is 11.7. The second-order valence-electron chi connectivity index (χ2n) is 10.5. The normalized spacial score (nSPS) is 29.0. The third-order valence-electron chi connectivity index (χ3n) is 8.21. The summed E-state index contributed by atoms with van der Waals surface area (Å²) in [5, 5.41) is 17.4. The molecule has 0 aromatic heterocycles. The van der Waals surface area contributed by atoms with Crippen LogP contribution >= 0.6 is 15.9 Å². The molecule has 2 bridgehead atoms. The number of anilines is 2. The number of aliphatic hydroxyl groups is 1. The summed E-state index contributed by atoms with van der Waals surface area (Å²) in [7, 11) is 0. The molecule has 6 atom stereocenters. The molecule has 3 aromatic carbocycles. The largest absolute Gasteiger partial charge is 0.396 e. The Hall–Kier alpha value is -3.27. The van der Waals surface area contributed by atoms with Crippen LogP contribution in [0.2, 0.25) is 0 Å². The summed E-state index contributed by atoms with van der Waals surface area (Å²) in [5.74, 6) is -2.39. The Labute approximate surface area is 234 Å². The van der Waals surface area contributed by atoms with E-state index in [9.17, 15) is 19.5 Å². The number of para-hydroxylation sites is 1. The fourth-order valence-corrected chi connectivity index (χ4v) is 7.53. The van der Waals surface area contributed by atoms with Crippen LogP contribution in [-0.2, 0) is 19.1 Å². The Bertz CT molecular complexity index is 1420. The van der Waals surface area contributed by atoms with Gasteiger partial charge in [-0.25, -0.2) is 0 Å². The highest BCUT2D eigenvalue weighted by Gasteiger charge is 2.76. The number of hydrogen-bond acceptors (Lipinski definition) is 5. The van der Waals surface area contributed by atoms with E-state index < -0.39 is 29.6 Å². The molecule has 8 nitrogen and oxygen atoms in total. The van der Waals surface area contributed by atoms with E-state index in [0.717, 1.165) is 10.8 Å². The van der Waals surface area contributed by atoms with Crippen LogP contribution in [0.4, 0.5) is 11.4 Å². The summed E-state index contributed by atoms with van der Waals surface area (Å²) in [4.78, 5) is 42.9. The number of benzene rings is 3. The lowest BCUT2D eigenvalue weighted by Gasteiger charge is -2.34. The number of ether oxygens (including phenoxy) is 1. The van der Waals surface area contributed by atoms with Crippen LogP contribution in [0.1, 0.15) is 19.3 Å². The molecule has 0 saturated carbocycles. The molecular formula is C30H30BrN3O5. The minimum absolute atomic E-state index is 0.00525. The SMILES string of the molecule is O=C(Nc1ccc2ccccc2c1)C1N(CCCCO)C(=O)[C@@H]2[C@H](C(=O)Nc3ccccc3)[C@H]3OC12CC3Br. The summed E-state index contributed by atoms with van der Waals surface area (Å²) in [5.41, 5.74) is 0.137. The molecule has 3 saturated heterocycles. The number of nitrogens with zero attached hydrogens (tertiary/aromatic N) is 1. The van der Waals surface area contributed by atoms with Crippen molar-refractivity contribution in [3.05, 3.63) is 72.8 Å². The molecule has 3 heterocycles. The summed E-state index contributed by atoms with van der Waals surface area (Å²) in [6.45, 7) is 0.288. The number of fused-ring (bicyclic) bond motifs is 2. The predicted molar refractivity (Wildman–Crippen MR) is 151 cm³/mol. The fourth-order valence-electron chi connectivity index (χ4n) is 6.59. The van der Waals surface area contributed by atoms with Crippen molar-refractivity contribution in [1.82, 2.24) is 4.90 Å². The van der Waals surface area contributed by atoms with Crippen LogP contribution in [0.5, 0.6) is 0 Å². The average molecular weight is 592 g/mol. The number of alkyl halides is 1. The first kappa shape index (κ1) is 26.0. The highest BCUT2D eigenvalue weighted by Crippen LogP contribution is 2.60. The number of carbonyl (C=O) groups is 3. The number of aliphatic hydroxyl groups excluding tert-OH is 1. The Morgan fingerprint density at radius 2 is 1.67 bits per heavy atom. The Kier molecular flexibility index (Phi) is 6.91. The molecule has 3 aromatic rings. The van der Waals surface area contributed by atoms with Gasteiger partial charge in [-0.3, -0.25) is 14.4 Å². The first-order valence-corrected chi connectivity index (χ1v) is 14.2. The first-order chi connectivity index (χ1) is 18.9. The van der Waals surface area contributed by atoms with Gasteiger partial charge in [0.1, 0.15) is 11.6 Å². The van der Waals surface area contributed by atoms with Crippen LogP contribution in [0.3, 0.4) is 0 Å². The molecule has 0 aliphatic carbocycles. The second kappa shape index (κ2) is 10.4. The van der Waals surface area contributed by atoms with E-state index in [0.29, 0.717) is 37.2 Å². The molecule has 3 amide bonds. The molecular weight excluding hydrogens is 562 g/mol. The summed E-state index contributed by atoms with van der Waals surface area (Å²) < 4.78 is 6.54. The highest BCUT2D eigenvalue weighted by atomic mass is 79.9. The Balaban J connectivity index is 1.33. The molecule has 0 radical (unpaired) electrons. The van der Waals surface area contributed by atoms with Gasteiger partial charge in [0.2, 0.25) is 17.7 Å². The van der Waals surface area contributed by atoms with Gasteiger partial charge in [-0.1, -0.05) is 64.5 Å². The van der Waals surface area contributed by atoms with Gasteiger partial charge in [-0.05, 0) is 54.3 Å². The Morgan fingerprint density at radius 3 is 2.44 bits per heavy atom. The van der Waals surface area contributed by atoms with Gasteiger partial charge in [-0.2, -0.15) is 0 Å². The third-order valence-corrected chi connectivity index (χ3v) is 9.05. The predicted octanol–water partition coefficient (Wildman–Crippen LogP) is 3.94. The van der Waals surface area contributed by atoms with Crippen LogP contribution in [0, 0.1) is 11.8 Å². The van der Waals surface area contributed by atoms with Gasteiger partial charge in [0.15, 0.2) is 0 Å². The van der Waals surface area contributed by atoms with Gasteiger partial charge in [0.25, 0.3) is 0 Å². The fraction of sp³-hybridized carbons (Fsp3) is 0.367. The smallest absolute Gasteiger partial charge is 0.250 e. The molecule has 1 spiro atoms. The maximum Gasteiger partial charge on any atom is 0.250 e. The average Bonchev–Trinajstić information content (AvgIpc) is 3.52. The van der Waals surface area contributed by atoms with Gasteiger partial charge in [-0.15, -0.1) is 0 Å². The van der Waals surface area contributed by atoms with Crippen molar-refractivity contribution in [1.29, 1.82) is 0 Å². The van der Waals surface area contributed by atoms with E-state index >= 15 is 0 Å². The van der Waals surface area contributed by atoms with E-state index in [1.54, 1.807) is 17.0 Å². The molecule has 3 fully saturated rings. The van der Waals surface area contributed by atoms with Crippen LogP contribution in [0.25, 0.3) is 10.8 Å². The molecule has 202 valence electrons. The summed E-state index contributed by atoms with van der Waals surface area (Å²) in [6.07, 6.45) is 0.948. The van der Waals surface area contributed by atoms with Crippen LogP contribution in [0.15, 0.2) is 72.8 Å². The zero-order valence-electron chi connectivity index (χ0n) is 21.3. The summed E-state index contributed by atoms with van der Waals surface area (Å²) >= 11 is 3.70. The maximum absolute atomic E-state index is 14.0. The number of hydrogen-bond donors (Lipinski definition) is 3. The van der Waals surface area contributed by atoms with Crippen molar-refractivity contribution in [3.8, 4) is 0 Å². The maximum atomic E-state index is 14.0. The first-order valence-electron chi connectivity index (χ1n) is 13.3. The van der Waals surface area contributed by atoms with Crippen molar-refractivity contribution < 1.29 is 24.2 Å². The topological polar surface area (TPSA) is 108 Å². The van der Waals surface area contributed by atoms with Crippen molar-refractivity contribution in [2.24, 2.45) is 11.8 Å². The molecule has 3 unspecified atom stereocenters. The third kappa shape index (κ3) is 4.42. The number of nitrogens with one attached hydrogen (secondary N) is 2. The molecule has 39 heavy (non-hydrogen) atoms. The lowest BCUT2D eigenvalue weighted by molar-refractivity contribution is -0.139. The zero-order valence-corrected chi connectivity index (χ0v) is 22.8. The van der Waals surface area contributed by atoms with Crippen LogP contribution in [-0.4, -0.2) is 63.5 Å².